The Morgan fingerprint density at radius 3 is 2.48 bits per heavy atom. The van der Waals surface area contributed by atoms with E-state index in [9.17, 15) is 19.8 Å². The molecule has 0 aliphatic rings. The summed E-state index contributed by atoms with van der Waals surface area (Å²) in [6.45, 7) is -0.0126. The van der Waals surface area contributed by atoms with E-state index in [0.717, 1.165) is 11.0 Å². The number of furan rings is 1. The molecule has 2 amide bonds. The fraction of sp³-hybridized carbons (Fsp3) is 0.261. The van der Waals surface area contributed by atoms with E-state index in [4.69, 9.17) is 4.42 Å². The van der Waals surface area contributed by atoms with Crippen LogP contribution in [0.3, 0.4) is 0 Å². The minimum Gasteiger partial charge on any atom is -0.454 e. The minimum absolute atomic E-state index is 0.0384. The van der Waals surface area contributed by atoms with Gasteiger partial charge in [-0.25, -0.2) is 4.98 Å². The summed E-state index contributed by atoms with van der Waals surface area (Å²) in [6, 6.07) is 13.1. The summed E-state index contributed by atoms with van der Waals surface area (Å²) in [5, 5.41) is 23.5. The zero-order valence-corrected chi connectivity index (χ0v) is 19.3. The molecule has 0 saturated carbocycles. The Kier molecular flexibility index (Phi) is 7.50. The van der Waals surface area contributed by atoms with Gasteiger partial charge >= 0.3 is 0 Å². The van der Waals surface area contributed by atoms with Crippen molar-refractivity contribution in [3.05, 3.63) is 58.1 Å². The smallest absolute Gasteiger partial charge is 0.270 e. The predicted octanol–water partition coefficient (Wildman–Crippen LogP) is 3.47. The van der Waals surface area contributed by atoms with Crippen molar-refractivity contribution in [3.8, 4) is 11.5 Å². The molecule has 0 radical (unpaired) electrons. The van der Waals surface area contributed by atoms with Crippen LogP contribution in [0.2, 0.25) is 0 Å². The van der Waals surface area contributed by atoms with E-state index >= 15 is 0 Å². The SMILES string of the molecule is O=C(CCN(C(=O)c1cccs1)c1nc(-c2cc3ccccc3o2)cs1)N(CCO)CCO. The Morgan fingerprint density at radius 2 is 1.79 bits per heavy atom. The number of hydrogen-bond donors (Lipinski definition) is 2. The average Bonchev–Trinajstić information content (AvgIpc) is 3.59. The molecule has 0 saturated heterocycles. The molecule has 33 heavy (non-hydrogen) atoms. The molecule has 2 N–H and O–H groups in total. The summed E-state index contributed by atoms with van der Waals surface area (Å²) in [4.78, 5) is 33.9. The summed E-state index contributed by atoms with van der Waals surface area (Å²) >= 11 is 2.62. The largest absolute Gasteiger partial charge is 0.454 e. The van der Waals surface area contributed by atoms with Crippen LogP contribution in [0, 0.1) is 0 Å². The first kappa shape index (κ1) is 23.1. The number of aliphatic hydroxyl groups is 2. The standard InChI is InChI=1S/C23H23N3O5S2/c27-11-9-25(10-12-28)21(29)7-8-26(22(30)20-6-3-13-32-20)23-24-17(15-33-23)19-14-16-4-1-2-5-18(16)31-19/h1-6,13-15,27-28H,7-12H2. The number of carbonyl (C=O) groups excluding carboxylic acids is 2. The molecule has 0 fully saturated rings. The molecule has 0 unspecified atom stereocenters. The summed E-state index contributed by atoms with van der Waals surface area (Å²) < 4.78 is 5.90. The molecule has 0 bridgehead atoms. The second-order valence-electron chi connectivity index (χ2n) is 7.18. The van der Waals surface area contributed by atoms with Gasteiger partial charge in [-0.15, -0.1) is 22.7 Å². The highest BCUT2D eigenvalue weighted by molar-refractivity contribution is 7.14. The number of rotatable bonds is 10. The molecule has 3 heterocycles. The van der Waals surface area contributed by atoms with Crippen LogP contribution in [-0.2, 0) is 4.79 Å². The number of thiazole rings is 1. The van der Waals surface area contributed by atoms with Crippen molar-refractivity contribution in [2.75, 3.05) is 37.7 Å². The molecule has 0 spiro atoms. The lowest BCUT2D eigenvalue weighted by atomic mass is 10.2. The monoisotopic (exact) mass is 485 g/mol. The number of anilines is 1. The Bertz CT molecular complexity index is 1180. The van der Waals surface area contributed by atoms with Gasteiger partial charge in [0, 0.05) is 36.8 Å². The quantitative estimate of drug-likeness (QED) is 0.356. The lowest BCUT2D eigenvalue weighted by molar-refractivity contribution is -0.132. The van der Waals surface area contributed by atoms with Crippen LogP contribution in [0.5, 0.6) is 0 Å². The lowest BCUT2D eigenvalue weighted by Crippen LogP contribution is -2.39. The van der Waals surface area contributed by atoms with Crippen molar-refractivity contribution in [1.29, 1.82) is 0 Å². The first-order chi connectivity index (χ1) is 16.1. The number of para-hydroxylation sites is 1. The Balaban J connectivity index is 1.57. The molecule has 0 atom stereocenters. The van der Waals surface area contributed by atoms with Crippen molar-refractivity contribution in [2.24, 2.45) is 0 Å². The van der Waals surface area contributed by atoms with E-state index in [1.165, 1.54) is 32.5 Å². The van der Waals surface area contributed by atoms with Crippen LogP contribution in [0.1, 0.15) is 16.1 Å². The van der Waals surface area contributed by atoms with Crippen LogP contribution >= 0.6 is 22.7 Å². The van der Waals surface area contributed by atoms with Crippen molar-refractivity contribution in [1.82, 2.24) is 9.88 Å². The summed E-state index contributed by atoms with van der Waals surface area (Å²) in [5.41, 5.74) is 1.37. The fourth-order valence-electron chi connectivity index (χ4n) is 3.40. The van der Waals surface area contributed by atoms with Crippen LogP contribution in [0.15, 0.2) is 57.6 Å². The van der Waals surface area contributed by atoms with Crippen LogP contribution < -0.4 is 4.90 Å². The summed E-state index contributed by atoms with van der Waals surface area (Å²) in [7, 11) is 0. The number of benzene rings is 1. The highest BCUT2D eigenvalue weighted by Crippen LogP contribution is 2.32. The summed E-state index contributed by atoms with van der Waals surface area (Å²) in [6.07, 6.45) is 0.0384. The maximum Gasteiger partial charge on any atom is 0.270 e. The van der Waals surface area contributed by atoms with Crippen molar-refractivity contribution >= 4 is 50.6 Å². The van der Waals surface area contributed by atoms with Gasteiger partial charge < -0.3 is 19.5 Å². The molecule has 3 aromatic heterocycles. The number of aromatic nitrogens is 1. The molecule has 8 nitrogen and oxygen atoms in total. The number of carbonyl (C=O) groups is 2. The third-order valence-electron chi connectivity index (χ3n) is 5.02. The zero-order chi connectivity index (χ0) is 23.2. The summed E-state index contributed by atoms with van der Waals surface area (Å²) in [5.74, 6) is 0.116. The Hall–Kier alpha value is -3.05. The average molecular weight is 486 g/mol. The number of aliphatic hydroxyl groups excluding tert-OH is 2. The fourth-order valence-corrected chi connectivity index (χ4v) is 4.91. The number of thiophene rings is 1. The van der Waals surface area contributed by atoms with Gasteiger partial charge in [-0.3, -0.25) is 14.5 Å². The number of fused-ring (bicyclic) bond motifs is 1. The maximum absolute atomic E-state index is 13.2. The predicted molar refractivity (Wildman–Crippen MR) is 129 cm³/mol. The Morgan fingerprint density at radius 1 is 1.00 bits per heavy atom. The second kappa shape index (κ2) is 10.7. The van der Waals surface area contributed by atoms with Gasteiger partial charge in [0.05, 0.1) is 18.1 Å². The number of hydrogen-bond acceptors (Lipinski definition) is 8. The van der Waals surface area contributed by atoms with E-state index < -0.39 is 0 Å². The van der Waals surface area contributed by atoms with Gasteiger partial charge in [-0.1, -0.05) is 24.3 Å². The lowest BCUT2D eigenvalue weighted by Gasteiger charge is -2.23. The topological polar surface area (TPSA) is 107 Å². The van der Waals surface area contributed by atoms with Crippen molar-refractivity contribution in [3.63, 3.8) is 0 Å². The van der Waals surface area contributed by atoms with Crippen molar-refractivity contribution < 1.29 is 24.2 Å². The number of nitrogens with zero attached hydrogens (tertiary/aromatic N) is 3. The third kappa shape index (κ3) is 5.31. The molecule has 172 valence electrons. The molecule has 0 aliphatic heterocycles. The first-order valence-corrected chi connectivity index (χ1v) is 12.2. The van der Waals surface area contributed by atoms with Crippen LogP contribution in [0.4, 0.5) is 5.13 Å². The molecule has 4 rings (SSSR count). The number of amides is 2. The molecule has 10 heteroatoms. The zero-order valence-electron chi connectivity index (χ0n) is 17.7. The van der Waals surface area contributed by atoms with E-state index in [0.29, 0.717) is 21.5 Å². The van der Waals surface area contributed by atoms with Crippen LogP contribution in [0.25, 0.3) is 22.4 Å². The highest BCUT2D eigenvalue weighted by atomic mass is 32.1. The molecular formula is C23H23N3O5S2. The van der Waals surface area contributed by atoms with Gasteiger partial charge in [0.15, 0.2) is 10.9 Å². The van der Waals surface area contributed by atoms with E-state index in [1.54, 1.807) is 12.1 Å². The molecule has 4 aromatic rings. The van der Waals surface area contributed by atoms with E-state index in [1.807, 2.05) is 41.1 Å². The first-order valence-electron chi connectivity index (χ1n) is 10.4. The third-order valence-corrected chi connectivity index (χ3v) is 6.74. The maximum atomic E-state index is 13.2. The van der Waals surface area contributed by atoms with E-state index in [2.05, 4.69) is 4.98 Å². The van der Waals surface area contributed by atoms with Crippen LogP contribution in [-0.4, -0.2) is 64.8 Å². The molecular weight excluding hydrogens is 462 g/mol. The van der Waals surface area contributed by atoms with E-state index in [-0.39, 0.29) is 51.1 Å². The molecule has 1 aromatic carbocycles. The van der Waals surface area contributed by atoms with Gasteiger partial charge in [0.2, 0.25) is 5.91 Å². The minimum atomic E-state index is -0.254. The highest BCUT2D eigenvalue weighted by Gasteiger charge is 2.24. The van der Waals surface area contributed by atoms with Gasteiger partial charge in [0.1, 0.15) is 11.3 Å². The van der Waals surface area contributed by atoms with Gasteiger partial charge in [-0.2, -0.15) is 0 Å². The van der Waals surface area contributed by atoms with Gasteiger partial charge in [-0.05, 0) is 23.6 Å². The second-order valence-corrected chi connectivity index (χ2v) is 8.96. The van der Waals surface area contributed by atoms with Gasteiger partial charge in [0.25, 0.3) is 5.91 Å². The Labute approximate surface area is 198 Å². The molecule has 0 aliphatic carbocycles. The van der Waals surface area contributed by atoms with Crippen molar-refractivity contribution in [2.45, 2.75) is 6.42 Å². The normalized spacial score (nSPS) is 11.1.